The Kier molecular flexibility index (Phi) is 4.78. The minimum absolute atomic E-state index is 0.223. The SMILES string of the molecule is Cn1c(=O)c(C#N)c(N2CCC(CSC#N)CC2)c2ccccc21. The van der Waals surface area contributed by atoms with E-state index in [0.717, 1.165) is 48.3 Å². The maximum atomic E-state index is 12.6. The van der Waals surface area contributed by atoms with Gasteiger partial charge in [0.25, 0.3) is 5.56 Å². The maximum Gasteiger partial charge on any atom is 0.270 e. The minimum Gasteiger partial charge on any atom is -0.370 e. The van der Waals surface area contributed by atoms with Crippen molar-refractivity contribution in [1.29, 1.82) is 10.5 Å². The maximum absolute atomic E-state index is 12.6. The second-order valence-corrected chi connectivity index (χ2v) is 6.85. The molecular weight excluding hydrogens is 320 g/mol. The molecule has 0 spiro atoms. The van der Waals surface area contributed by atoms with Crippen LogP contribution >= 0.6 is 11.8 Å². The summed E-state index contributed by atoms with van der Waals surface area (Å²) in [5, 5.41) is 21.3. The summed E-state index contributed by atoms with van der Waals surface area (Å²) in [6.07, 6.45) is 1.95. The van der Waals surface area contributed by atoms with Gasteiger partial charge in [-0.2, -0.15) is 10.5 Å². The number of para-hydroxylation sites is 1. The smallest absolute Gasteiger partial charge is 0.270 e. The molecule has 0 saturated carbocycles. The first kappa shape index (κ1) is 16.4. The Hall–Kier alpha value is -2.44. The third kappa shape index (κ3) is 2.86. The van der Waals surface area contributed by atoms with E-state index in [1.165, 1.54) is 11.8 Å². The van der Waals surface area contributed by atoms with Gasteiger partial charge in [-0.1, -0.05) is 18.2 Å². The first-order valence-corrected chi connectivity index (χ1v) is 8.93. The van der Waals surface area contributed by atoms with Crippen molar-refractivity contribution in [2.24, 2.45) is 13.0 Å². The zero-order valence-electron chi connectivity index (χ0n) is 13.5. The van der Waals surface area contributed by atoms with Crippen LogP contribution in [0.25, 0.3) is 10.9 Å². The summed E-state index contributed by atoms with van der Waals surface area (Å²) in [6, 6.07) is 9.85. The molecule has 0 radical (unpaired) electrons. The Morgan fingerprint density at radius 3 is 2.62 bits per heavy atom. The van der Waals surface area contributed by atoms with Gasteiger partial charge in [0.05, 0.1) is 11.2 Å². The molecular formula is C18H18N4OS. The number of benzene rings is 1. The fourth-order valence-corrected chi connectivity index (χ4v) is 4.03. The number of thioether (sulfide) groups is 1. The molecule has 5 nitrogen and oxygen atoms in total. The molecule has 1 saturated heterocycles. The van der Waals surface area contributed by atoms with Crippen LogP contribution in [0.1, 0.15) is 18.4 Å². The third-order valence-electron chi connectivity index (χ3n) is 4.70. The Labute approximate surface area is 145 Å². The molecule has 1 aliphatic heterocycles. The molecule has 0 aliphatic carbocycles. The van der Waals surface area contributed by atoms with Crippen LogP contribution in [0.4, 0.5) is 5.69 Å². The molecule has 0 amide bonds. The van der Waals surface area contributed by atoms with Crippen LogP contribution in [0.2, 0.25) is 0 Å². The van der Waals surface area contributed by atoms with Crippen molar-refractivity contribution in [2.45, 2.75) is 12.8 Å². The lowest BCUT2D eigenvalue weighted by atomic mass is 9.97. The van der Waals surface area contributed by atoms with Gasteiger partial charge in [-0.25, -0.2) is 0 Å². The molecule has 2 heterocycles. The third-order valence-corrected chi connectivity index (χ3v) is 5.47. The van der Waals surface area contributed by atoms with Crippen LogP contribution in [-0.2, 0) is 7.05 Å². The zero-order valence-corrected chi connectivity index (χ0v) is 14.3. The lowest BCUT2D eigenvalue weighted by molar-refractivity contribution is 0.445. The van der Waals surface area contributed by atoms with Gasteiger partial charge < -0.3 is 9.47 Å². The number of pyridine rings is 1. The molecule has 122 valence electrons. The molecule has 0 unspecified atom stereocenters. The summed E-state index contributed by atoms with van der Waals surface area (Å²) in [7, 11) is 1.71. The highest BCUT2D eigenvalue weighted by molar-refractivity contribution is 8.03. The van der Waals surface area contributed by atoms with Gasteiger partial charge in [0.2, 0.25) is 0 Å². The Morgan fingerprint density at radius 1 is 1.25 bits per heavy atom. The molecule has 24 heavy (non-hydrogen) atoms. The molecule has 6 heteroatoms. The van der Waals surface area contributed by atoms with Gasteiger partial charge in [-0.15, -0.1) is 0 Å². The predicted molar refractivity (Wildman–Crippen MR) is 96.9 cm³/mol. The van der Waals surface area contributed by atoms with E-state index in [9.17, 15) is 10.1 Å². The Balaban J connectivity index is 2.02. The number of piperidine rings is 1. The van der Waals surface area contributed by atoms with E-state index in [4.69, 9.17) is 5.26 Å². The van der Waals surface area contributed by atoms with Crippen molar-refractivity contribution in [2.75, 3.05) is 23.7 Å². The van der Waals surface area contributed by atoms with Crippen molar-refractivity contribution >= 4 is 28.4 Å². The van der Waals surface area contributed by atoms with E-state index < -0.39 is 0 Å². The van der Waals surface area contributed by atoms with Crippen LogP contribution in [0.5, 0.6) is 0 Å². The van der Waals surface area contributed by atoms with Crippen LogP contribution in [0, 0.1) is 27.9 Å². The number of aryl methyl sites for hydroxylation is 1. The predicted octanol–water partition coefficient (Wildman–Crippen LogP) is 2.84. The summed E-state index contributed by atoms with van der Waals surface area (Å²) in [6.45, 7) is 1.62. The first-order chi connectivity index (χ1) is 11.7. The highest BCUT2D eigenvalue weighted by atomic mass is 32.2. The van der Waals surface area contributed by atoms with Gasteiger partial charge in [-0.3, -0.25) is 4.79 Å². The zero-order chi connectivity index (χ0) is 17.1. The second kappa shape index (κ2) is 6.98. The Morgan fingerprint density at radius 2 is 1.96 bits per heavy atom. The molecule has 0 atom stereocenters. The van der Waals surface area contributed by atoms with Crippen molar-refractivity contribution < 1.29 is 0 Å². The highest BCUT2D eigenvalue weighted by Gasteiger charge is 2.25. The average Bonchev–Trinajstić information content (AvgIpc) is 2.63. The summed E-state index contributed by atoms with van der Waals surface area (Å²) >= 11 is 1.31. The molecule has 1 fully saturated rings. The molecule has 0 N–H and O–H groups in total. The molecule has 1 aliphatic rings. The van der Waals surface area contributed by atoms with Crippen LogP contribution in [0.3, 0.4) is 0 Å². The van der Waals surface area contributed by atoms with E-state index in [2.05, 4.69) is 16.4 Å². The summed E-state index contributed by atoms with van der Waals surface area (Å²) in [4.78, 5) is 14.7. The van der Waals surface area contributed by atoms with E-state index in [-0.39, 0.29) is 11.1 Å². The van der Waals surface area contributed by atoms with Crippen molar-refractivity contribution in [3.8, 4) is 11.5 Å². The normalized spacial score (nSPS) is 15.2. The van der Waals surface area contributed by atoms with Crippen LogP contribution < -0.4 is 10.5 Å². The van der Waals surface area contributed by atoms with Crippen LogP contribution in [0.15, 0.2) is 29.1 Å². The molecule has 1 aromatic heterocycles. The monoisotopic (exact) mass is 338 g/mol. The fourth-order valence-electron chi connectivity index (χ4n) is 3.39. The number of hydrogen-bond donors (Lipinski definition) is 0. The van der Waals surface area contributed by atoms with Gasteiger partial charge in [0.1, 0.15) is 17.0 Å². The fraction of sp³-hybridized carbons (Fsp3) is 0.389. The molecule has 0 bridgehead atoms. The molecule has 2 aromatic rings. The van der Waals surface area contributed by atoms with Gasteiger partial charge in [0.15, 0.2) is 0 Å². The topological polar surface area (TPSA) is 72.8 Å². The average molecular weight is 338 g/mol. The summed E-state index contributed by atoms with van der Waals surface area (Å²) in [5.74, 6) is 1.38. The number of hydrogen-bond acceptors (Lipinski definition) is 5. The number of nitrogens with zero attached hydrogens (tertiary/aromatic N) is 4. The number of fused-ring (bicyclic) bond motifs is 1. The van der Waals surface area contributed by atoms with Crippen molar-refractivity contribution in [3.05, 3.63) is 40.2 Å². The number of aromatic nitrogens is 1. The summed E-state index contributed by atoms with van der Waals surface area (Å²) < 4.78 is 1.55. The van der Waals surface area contributed by atoms with E-state index in [1.807, 2.05) is 24.3 Å². The number of anilines is 1. The lowest BCUT2D eigenvalue weighted by Gasteiger charge is -2.34. The van der Waals surface area contributed by atoms with Crippen molar-refractivity contribution in [1.82, 2.24) is 4.57 Å². The van der Waals surface area contributed by atoms with E-state index in [0.29, 0.717) is 5.92 Å². The summed E-state index contributed by atoms with van der Waals surface area (Å²) in [5.41, 5.74) is 1.59. The Bertz CT molecular complexity index is 898. The van der Waals surface area contributed by atoms with Crippen molar-refractivity contribution in [3.63, 3.8) is 0 Å². The van der Waals surface area contributed by atoms with Crippen LogP contribution in [-0.4, -0.2) is 23.4 Å². The molecule has 1 aromatic carbocycles. The number of rotatable bonds is 3. The van der Waals surface area contributed by atoms with E-state index >= 15 is 0 Å². The van der Waals surface area contributed by atoms with Gasteiger partial charge in [-0.05, 0) is 36.6 Å². The first-order valence-electron chi connectivity index (χ1n) is 7.95. The quantitative estimate of drug-likeness (QED) is 0.805. The lowest BCUT2D eigenvalue weighted by Crippen LogP contribution is -2.36. The highest BCUT2D eigenvalue weighted by Crippen LogP contribution is 2.32. The van der Waals surface area contributed by atoms with Gasteiger partial charge in [0, 0.05) is 31.3 Å². The largest absolute Gasteiger partial charge is 0.370 e. The number of nitriles is 2. The van der Waals surface area contributed by atoms with Gasteiger partial charge >= 0.3 is 0 Å². The second-order valence-electron chi connectivity index (χ2n) is 6.05. The standard InChI is InChI=1S/C18H18N4OS/c1-21-16-5-3-2-4-14(16)17(15(10-19)18(21)23)22-8-6-13(7-9-22)11-24-12-20/h2-5,13H,6-9,11H2,1H3. The van der Waals surface area contributed by atoms with E-state index in [1.54, 1.807) is 11.6 Å². The minimum atomic E-state index is -0.242. The number of thiocyanates is 1. The molecule has 3 rings (SSSR count).